The largest absolute Gasteiger partial charge is 0.394 e. The van der Waals surface area contributed by atoms with Gasteiger partial charge in [0.05, 0.1) is 24.0 Å². The summed E-state index contributed by atoms with van der Waals surface area (Å²) >= 11 is 0. The number of aliphatic hydroxyl groups excluding tert-OH is 1. The number of benzene rings is 1. The van der Waals surface area contributed by atoms with E-state index in [1.807, 2.05) is 24.8 Å². The lowest BCUT2D eigenvalue weighted by Gasteiger charge is -2.43. The minimum atomic E-state index is -0.412. The van der Waals surface area contributed by atoms with Crippen LogP contribution in [-0.4, -0.2) is 36.5 Å². The number of aliphatic hydroxyl groups is 1. The highest BCUT2D eigenvalue weighted by atomic mass is 19.1. The van der Waals surface area contributed by atoms with Crippen molar-refractivity contribution in [3.8, 4) is 0 Å². The lowest BCUT2D eigenvalue weighted by atomic mass is 10.0. The van der Waals surface area contributed by atoms with Gasteiger partial charge < -0.3 is 20.5 Å². The minimum Gasteiger partial charge on any atom is -0.394 e. The molecule has 1 atom stereocenters. The van der Waals surface area contributed by atoms with E-state index in [2.05, 4.69) is 0 Å². The number of nitrogens with two attached hydrogens (primary N) is 1. The zero-order valence-corrected chi connectivity index (χ0v) is 11.4. The Morgan fingerprint density at radius 2 is 2.26 bits per heavy atom. The molecule has 1 saturated heterocycles. The smallest absolute Gasteiger partial charge is 0.146 e. The molecular weight excluding hydrogens is 247 g/mol. The average molecular weight is 268 g/mol. The van der Waals surface area contributed by atoms with Gasteiger partial charge in [0.1, 0.15) is 5.82 Å². The summed E-state index contributed by atoms with van der Waals surface area (Å²) in [5.41, 5.74) is 6.39. The molecule has 1 aromatic rings. The van der Waals surface area contributed by atoms with Crippen LogP contribution in [0.15, 0.2) is 18.2 Å². The maximum atomic E-state index is 14.1. The SMILES string of the molecule is CC1(C)CN(c2ccc(CN)cc2F)CC(CO)O1. The van der Waals surface area contributed by atoms with E-state index in [1.165, 1.54) is 6.07 Å². The molecule has 0 bridgehead atoms. The molecule has 1 aliphatic rings. The maximum absolute atomic E-state index is 14.1. The predicted octanol–water partition coefficient (Wildman–Crippen LogP) is 1.26. The summed E-state index contributed by atoms with van der Waals surface area (Å²) in [6, 6.07) is 5.04. The molecule has 0 aliphatic carbocycles. The predicted molar refractivity (Wildman–Crippen MR) is 72.5 cm³/mol. The Kier molecular flexibility index (Phi) is 4.08. The molecule has 2 rings (SSSR count). The molecule has 4 nitrogen and oxygen atoms in total. The second-order valence-electron chi connectivity index (χ2n) is 5.55. The second kappa shape index (κ2) is 5.45. The van der Waals surface area contributed by atoms with Crippen LogP contribution in [0.5, 0.6) is 0 Å². The molecule has 106 valence electrons. The number of hydrogen-bond donors (Lipinski definition) is 2. The molecule has 0 spiro atoms. The quantitative estimate of drug-likeness (QED) is 0.866. The standard InChI is InChI=1S/C14H21FN2O2/c1-14(2)9-17(7-11(8-18)19-14)13-4-3-10(6-16)5-12(13)15/h3-5,11,18H,6-9,16H2,1-2H3. The van der Waals surface area contributed by atoms with Crippen molar-refractivity contribution in [1.29, 1.82) is 0 Å². The van der Waals surface area contributed by atoms with Gasteiger partial charge in [0, 0.05) is 19.6 Å². The Balaban J connectivity index is 2.25. The normalized spacial score (nSPS) is 22.6. The van der Waals surface area contributed by atoms with Crippen LogP contribution in [0.3, 0.4) is 0 Å². The van der Waals surface area contributed by atoms with Crippen molar-refractivity contribution in [3.05, 3.63) is 29.6 Å². The third-order valence-electron chi connectivity index (χ3n) is 3.27. The molecule has 5 heteroatoms. The van der Waals surface area contributed by atoms with Crippen molar-refractivity contribution in [2.75, 3.05) is 24.6 Å². The molecule has 1 unspecified atom stereocenters. The van der Waals surface area contributed by atoms with Crippen molar-refractivity contribution < 1.29 is 14.2 Å². The van der Waals surface area contributed by atoms with Gasteiger partial charge in [-0.05, 0) is 31.5 Å². The third-order valence-corrected chi connectivity index (χ3v) is 3.27. The number of hydrogen-bond acceptors (Lipinski definition) is 4. The van der Waals surface area contributed by atoms with E-state index in [0.29, 0.717) is 25.3 Å². The zero-order chi connectivity index (χ0) is 14.0. The van der Waals surface area contributed by atoms with E-state index in [0.717, 1.165) is 5.56 Å². The summed E-state index contributed by atoms with van der Waals surface area (Å²) in [6.07, 6.45) is -0.294. The number of nitrogens with zero attached hydrogens (tertiary/aromatic N) is 1. The monoisotopic (exact) mass is 268 g/mol. The fourth-order valence-corrected chi connectivity index (χ4v) is 2.51. The molecule has 1 aliphatic heterocycles. The Morgan fingerprint density at radius 1 is 1.53 bits per heavy atom. The summed E-state index contributed by atoms with van der Waals surface area (Å²) in [4.78, 5) is 1.92. The van der Waals surface area contributed by atoms with Crippen LogP contribution in [-0.2, 0) is 11.3 Å². The Bertz CT molecular complexity index is 451. The lowest BCUT2D eigenvalue weighted by molar-refractivity contribution is -0.101. The summed E-state index contributed by atoms with van der Waals surface area (Å²) in [7, 11) is 0. The van der Waals surface area contributed by atoms with E-state index in [1.54, 1.807) is 6.07 Å². The van der Waals surface area contributed by atoms with Crippen molar-refractivity contribution in [1.82, 2.24) is 0 Å². The lowest BCUT2D eigenvalue weighted by Crippen LogP contribution is -2.54. The van der Waals surface area contributed by atoms with Crippen LogP contribution in [0.25, 0.3) is 0 Å². The Labute approximate surface area is 113 Å². The van der Waals surface area contributed by atoms with E-state index in [9.17, 15) is 9.50 Å². The van der Waals surface area contributed by atoms with Crippen molar-refractivity contribution in [2.24, 2.45) is 5.73 Å². The van der Waals surface area contributed by atoms with Crippen LogP contribution < -0.4 is 10.6 Å². The van der Waals surface area contributed by atoms with E-state index in [-0.39, 0.29) is 18.5 Å². The fourth-order valence-electron chi connectivity index (χ4n) is 2.51. The topological polar surface area (TPSA) is 58.7 Å². The number of halogens is 1. The number of anilines is 1. The average Bonchev–Trinajstić information content (AvgIpc) is 2.36. The Morgan fingerprint density at radius 3 is 2.84 bits per heavy atom. The van der Waals surface area contributed by atoms with Crippen molar-refractivity contribution in [3.63, 3.8) is 0 Å². The van der Waals surface area contributed by atoms with Crippen LogP contribution in [0.2, 0.25) is 0 Å². The molecule has 19 heavy (non-hydrogen) atoms. The van der Waals surface area contributed by atoms with Gasteiger partial charge in [-0.3, -0.25) is 0 Å². The van der Waals surface area contributed by atoms with Gasteiger partial charge in [-0.2, -0.15) is 0 Å². The first kappa shape index (κ1) is 14.2. The van der Waals surface area contributed by atoms with Gasteiger partial charge in [-0.1, -0.05) is 6.07 Å². The summed E-state index contributed by atoms with van der Waals surface area (Å²) < 4.78 is 19.8. The maximum Gasteiger partial charge on any atom is 0.146 e. The first-order valence-electron chi connectivity index (χ1n) is 6.47. The summed E-state index contributed by atoms with van der Waals surface area (Å²) in [6.45, 7) is 5.21. The first-order valence-corrected chi connectivity index (χ1v) is 6.47. The van der Waals surface area contributed by atoms with Gasteiger partial charge in [-0.25, -0.2) is 4.39 Å². The van der Waals surface area contributed by atoms with E-state index >= 15 is 0 Å². The fraction of sp³-hybridized carbons (Fsp3) is 0.571. The van der Waals surface area contributed by atoms with Gasteiger partial charge >= 0.3 is 0 Å². The summed E-state index contributed by atoms with van der Waals surface area (Å²) in [5, 5.41) is 9.28. The van der Waals surface area contributed by atoms with Crippen molar-refractivity contribution >= 4 is 5.69 Å². The van der Waals surface area contributed by atoms with Gasteiger partial charge in [-0.15, -0.1) is 0 Å². The third kappa shape index (κ3) is 3.23. The molecule has 1 fully saturated rings. The van der Waals surface area contributed by atoms with Crippen LogP contribution in [0.4, 0.5) is 10.1 Å². The van der Waals surface area contributed by atoms with Crippen LogP contribution in [0.1, 0.15) is 19.4 Å². The van der Waals surface area contributed by atoms with E-state index in [4.69, 9.17) is 10.5 Å². The molecule has 0 amide bonds. The number of ether oxygens (including phenoxy) is 1. The van der Waals surface area contributed by atoms with Crippen molar-refractivity contribution in [2.45, 2.75) is 32.1 Å². The molecular formula is C14H21FN2O2. The number of morpholine rings is 1. The highest BCUT2D eigenvalue weighted by Gasteiger charge is 2.34. The van der Waals surface area contributed by atoms with Gasteiger partial charge in [0.15, 0.2) is 0 Å². The summed E-state index contributed by atoms with van der Waals surface area (Å²) in [5.74, 6) is -0.280. The second-order valence-corrected chi connectivity index (χ2v) is 5.55. The molecule has 0 radical (unpaired) electrons. The van der Waals surface area contributed by atoms with Gasteiger partial charge in [0.2, 0.25) is 0 Å². The number of rotatable bonds is 3. The zero-order valence-electron chi connectivity index (χ0n) is 11.4. The first-order chi connectivity index (χ1) is 8.95. The van der Waals surface area contributed by atoms with Gasteiger partial charge in [0.25, 0.3) is 0 Å². The highest BCUT2D eigenvalue weighted by molar-refractivity contribution is 5.50. The Hall–Kier alpha value is -1.17. The molecule has 3 N–H and O–H groups in total. The van der Waals surface area contributed by atoms with Crippen LogP contribution >= 0.6 is 0 Å². The molecule has 0 saturated carbocycles. The molecule has 0 aromatic heterocycles. The molecule has 1 aromatic carbocycles. The van der Waals surface area contributed by atoms with E-state index < -0.39 is 5.60 Å². The van der Waals surface area contributed by atoms with Crippen LogP contribution in [0, 0.1) is 5.82 Å². The molecule has 1 heterocycles. The highest BCUT2D eigenvalue weighted by Crippen LogP contribution is 2.28. The minimum absolute atomic E-state index is 0.0670.